The molecule has 126 valence electrons. The van der Waals surface area contributed by atoms with Crippen LogP contribution in [-0.2, 0) is 20.8 Å². The van der Waals surface area contributed by atoms with Crippen molar-refractivity contribution in [1.29, 1.82) is 0 Å². The SMILES string of the molecule is CC(=O)NC(C=O)CSC(=O)C(C)c1ccc(CC(C)C)cc1. The van der Waals surface area contributed by atoms with Crippen molar-refractivity contribution < 1.29 is 14.4 Å². The van der Waals surface area contributed by atoms with Crippen molar-refractivity contribution in [2.45, 2.75) is 46.1 Å². The molecule has 2 unspecified atom stereocenters. The Hall–Kier alpha value is -1.62. The van der Waals surface area contributed by atoms with E-state index in [1.807, 2.05) is 19.1 Å². The summed E-state index contributed by atoms with van der Waals surface area (Å²) in [5, 5.41) is 2.51. The minimum atomic E-state index is -0.623. The van der Waals surface area contributed by atoms with Gasteiger partial charge in [0, 0.05) is 12.7 Å². The standard InChI is InChI=1S/C18H25NO3S/c1-12(2)9-15-5-7-16(8-6-15)13(3)18(22)23-11-17(10-20)19-14(4)21/h5-8,10,12-13,17H,9,11H2,1-4H3,(H,19,21). The molecule has 1 rings (SSSR count). The lowest BCUT2D eigenvalue weighted by atomic mass is 9.97. The van der Waals surface area contributed by atoms with Gasteiger partial charge < -0.3 is 10.1 Å². The zero-order valence-corrected chi connectivity index (χ0v) is 15.0. The molecular weight excluding hydrogens is 310 g/mol. The fourth-order valence-electron chi connectivity index (χ4n) is 2.22. The Labute approximate surface area is 142 Å². The highest BCUT2D eigenvalue weighted by Gasteiger charge is 2.18. The highest BCUT2D eigenvalue weighted by molar-refractivity contribution is 8.13. The maximum absolute atomic E-state index is 12.2. The largest absolute Gasteiger partial charge is 0.346 e. The Bertz CT molecular complexity index is 540. The van der Waals surface area contributed by atoms with E-state index in [9.17, 15) is 14.4 Å². The first-order valence-electron chi connectivity index (χ1n) is 7.81. The van der Waals surface area contributed by atoms with Gasteiger partial charge in [-0.25, -0.2) is 0 Å². The van der Waals surface area contributed by atoms with Crippen LogP contribution in [0.5, 0.6) is 0 Å². The molecule has 1 N–H and O–H groups in total. The first kappa shape index (κ1) is 19.4. The van der Waals surface area contributed by atoms with Gasteiger partial charge in [-0.2, -0.15) is 0 Å². The number of thioether (sulfide) groups is 1. The van der Waals surface area contributed by atoms with Crippen molar-refractivity contribution in [2.75, 3.05) is 5.75 Å². The summed E-state index contributed by atoms with van der Waals surface area (Å²) in [6, 6.07) is 7.49. The van der Waals surface area contributed by atoms with E-state index in [0.717, 1.165) is 23.7 Å². The summed E-state index contributed by atoms with van der Waals surface area (Å²) < 4.78 is 0. The average molecular weight is 335 g/mol. The van der Waals surface area contributed by atoms with E-state index in [1.54, 1.807) is 0 Å². The quantitative estimate of drug-likeness (QED) is 0.742. The van der Waals surface area contributed by atoms with Gasteiger partial charge in [-0.05, 0) is 23.5 Å². The molecule has 0 aliphatic heterocycles. The van der Waals surface area contributed by atoms with Crippen LogP contribution in [0.4, 0.5) is 0 Å². The topological polar surface area (TPSA) is 63.2 Å². The first-order chi connectivity index (χ1) is 10.8. The second kappa shape index (κ2) is 9.50. The Kier molecular flexibility index (Phi) is 8.03. The van der Waals surface area contributed by atoms with Gasteiger partial charge in [0.2, 0.25) is 5.91 Å². The van der Waals surface area contributed by atoms with Gasteiger partial charge in [-0.3, -0.25) is 9.59 Å². The van der Waals surface area contributed by atoms with Gasteiger partial charge in [0.05, 0.1) is 12.0 Å². The van der Waals surface area contributed by atoms with Gasteiger partial charge in [0.25, 0.3) is 0 Å². The molecule has 1 aromatic rings. The van der Waals surface area contributed by atoms with Crippen LogP contribution in [0.25, 0.3) is 0 Å². The molecule has 1 aromatic carbocycles. The van der Waals surface area contributed by atoms with Gasteiger partial charge >= 0.3 is 0 Å². The molecule has 0 heterocycles. The molecule has 0 aliphatic rings. The lowest BCUT2D eigenvalue weighted by Crippen LogP contribution is -2.36. The third kappa shape index (κ3) is 6.99. The molecule has 0 fully saturated rings. The Morgan fingerprint density at radius 2 is 1.78 bits per heavy atom. The fraction of sp³-hybridized carbons (Fsp3) is 0.500. The van der Waals surface area contributed by atoms with E-state index in [0.29, 0.717) is 12.2 Å². The summed E-state index contributed by atoms with van der Waals surface area (Å²) in [6.45, 7) is 7.57. The summed E-state index contributed by atoms with van der Waals surface area (Å²) in [5.74, 6) is 0.351. The summed E-state index contributed by atoms with van der Waals surface area (Å²) in [6.07, 6.45) is 1.68. The van der Waals surface area contributed by atoms with Crippen LogP contribution in [0, 0.1) is 5.92 Å². The van der Waals surface area contributed by atoms with Crippen LogP contribution >= 0.6 is 11.8 Å². The van der Waals surface area contributed by atoms with Crippen LogP contribution in [0.3, 0.4) is 0 Å². The van der Waals surface area contributed by atoms with Gasteiger partial charge in [0.15, 0.2) is 5.12 Å². The molecular formula is C18H25NO3S. The van der Waals surface area contributed by atoms with E-state index >= 15 is 0 Å². The van der Waals surface area contributed by atoms with Crippen molar-refractivity contribution in [3.05, 3.63) is 35.4 Å². The molecule has 4 nitrogen and oxygen atoms in total. The molecule has 0 saturated carbocycles. The van der Waals surface area contributed by atoms with Crippen LogP contribution in [0.1, 0.15) is 44.7 Å². The van der Waals surface area contributed by atoms with Crippen molar-refractivity contribution >= 4 is 29.1 Å². The second-order valence-electron chi connectivity index (χ2n) is 6.13. The summed E-state index contributed by atoms with van der Waals surface area (Å²) in [4.78, 5) is 34.1. The van der Waals surface area contributed by atoms with Crippen molar-refractivity contribution in [3.63, 3.8) is 0 Å². The highest BCUT2D eigenvalue weighted by Crippen LogP contribution is 2.23. The maximum atomic E-state index is 12.2. The number of benzene rings is 1. The number of carbonyl (C=O) groups excluding carboxylic acids is 3. The predicted octanol–water partition coefficient (Wildman–Crippen LogP) is 2.95. The smallest absolute Gasteiger partial charge is 0.217 e. The number of hydrogen-bond acceptors (Lipinski definition) is 4. The Morgan fingerprint density at radius 3 is 2.26 bits per heavy atom. The van der Waals surface area contributed by atoms with Crippen molar-refractivity contribution in [2.24, 2.45) is 5.92 Å². The number of aldehydes is 1. The third-order valence-corrected chi connectivity index (χ3v) is 4.60. The van der Waals surface area contributed by atoms with E-state index < -0.39 is 6.04 Å². The molecule has 0 spiro atoms. The van der Waals surface area contributed by atoms with E-state index in [1.165, 1.54) is 12.5 Å². The van der Waals surface area contributed by atoms with E-state index in [2.05, 4.69) is 31.3 Å². The first-order valence-corrected chi connectivity index (χ1v) is 8.80. The van der Waals surface area contributed by atoms with E-state index in [-0.39, 0.29) is 22.7 Å². The zero-order chi connectivity index (χ0) is 17.4. The second-order valence-corrected chi connectivity index (χ2v) is 7.16. The minimum absolute atomic E-state index is 0.00110. The summed E-state index contributed by atoms with van der Waals surface area (Å²) >= 11 is 1.08. The van der Waals surface area contributed by atoms with Gasteiger partial charge in [0.1, 0.15) is 6.29 Å². The third-order valence-electron chi connectivity index (χ3n) is 3.44. The zero-order valence-electron chi connectivity index (χ0n) is 14.2. The highest BCUT2D eigenvalue weighted by atomic mass is 32.2. The lowest BCUT2D eigenvalue weighted by molar-refractivity contribution is -0.121. The number of nitrogens with one attached hydrogen (secondary N) is 1. The molecule has 0 saturated heterocycles. The molecule has 0 bridgehead atoms. The lowest BCUT2D eigenvalue weighted by Gasteiger charge is -2.14. The number of hydrogen-bond donors (Lipinski definition) is 1. The normalized spacial score (nSPS) is 13.4. The number of carbonyl (C=O) groups is 3. The Morgan fingerprint density at radius 1 is 1.17 bits per heavy atom. The fourth-order valence-corrected chi connectivity index (χ4v) is 3.11. The summed E-state index contributed by atoms with van der Waals surface area (Å²) in [5.41, 5.74) is 2.24. The van der Waals surface area contributed by atoms with Crippen molar-refractivity contribution in [3.8, 4) is 0 Å². The number of rotatable bonds is 8. The summed E-state index contributed by atoms with van der Waals surface area (Å²) in [7, 11) is 0. The molecule has 0 radical (unpaired) electrons. The molecule has 5 heteroatoms. The Balaban J connectivity index is 2.58. The van der Waals surface area contributed by atoms with Crippen LogP contribution < -0.4 is 5.32 Å². The molecule has 0 aromatic heterocycles. The van der Waals surface area contributed by atoms with Crippen molar-refractivity contribution in [1.82, 2.24) is 5.32 Å². The molecule has 2 atom stereocenters. The predicted molar refractivity (Wildman–Crippen MR) is 94.5 cm³/mol. The molecule has 1 amide bonds. The monoisotopic (exact) mass is 335 g/mol. The molecule has 0 aliphatic carbocycles. The molecule has 23 heavy (non-hydrogen) atoms. The van der Waals surface area contributed by atoms with Crippen LogP contribution in [0.2, 0.25) is 0 Å². The van der Waals surface area contributed by atoms with Crippen LogP contribution in [-0.4, -0.2) is 29.1 Å². The van der Waals surface area contributed by atoms with Crippen LogP contribution in [0.15, 0.2) is 24.3 Å². The maximum Gasteiger partial charge on any atom is 0.217 e. The average Bonchev–Trinajstić information content (AvgIpc) is 2.50. The van der Waals surface area contributed by atoms with Gasteiger partial charge in [-0.15, -0.1) is 0 Å². The van der Waals surface area contributed by atoms with E-state index in [4.69, 9.17) is 0 Å². The van der Waals surface area contributed by atoms with Gasteiger partial charge in [-0.1, -0.05) is 56.8 Å². The minimum Gasteiger partial charge on any atom is -0.346 e. The number of amides is 1.